The minimum atomic E-state index is 0.891. The van der Waals surface area contributed by atoms with E-state index in [2.05, 4.69) is 34.9 Å². The number of hydrogen-bond acceptors (Lipinski definition) is 2. The maximum atomic E-state index is 4.21. The highest BCUT2D eigenvalue weighted by Gasteiger charge is 2.00. The Morgan fingerprint density at radius 1 is 1.38 bits per heavy atom. The van der Waals surface area contributed by atoms with Crippen LogP contribution in [0.25, 0.3) is 17.1 Å². The summed E-state index contributed by atoms with van der Waals surface area (Å²) in [7, 11) is 0. The van der Waals surface area contributed by atoms with Crippen molar-refractivity contribution in [3.63, 3.8) is 0 Å². The molecule has 0 saturated heterocycles. The number of hydrogen-bond donors (Lipinski definition) is 1. The molecule has 0 unspecified atom stereocenters. The molecule has 2 aromatic heterocycles. The number of rotatable bonds is 1. The van der Waals surface area contributed by atoms with E-state index in [-0.39, 0.29) is 0 Å². The third-order valence-corrected chi connectivity index (χ3v) is 1.81. The molecule has 0 aromatic carbocycles. The lowest BCUT2D eigenvalue weighted by molar-refractivity contribution is 1.18. The van der Waals surface area contributed by atoms with Gasteiger partial charge in [-0.05, 0) is 26.0 Å². The van der Waals surface area contributed by atoms with Gasteiger partial charge in [0.25, 0.3) is 0 Å². The van der Waals surface area contributed by atoms with Gasteiger partial charge in [-0.3, -0.25) is 0 Å². The first kappa shape index (κ1) is 7.98. The number of allylic oxidation sites excluding steroid dienone is 1. The van der Waals surface area contributed by atoms with Crippen molar-refractivity contribution < 1.29 is 0 Å². The fourth-order valence-corrected chi connectivity index (χ4v) is 1.28. The third-order valence-electron chi connectivity index (χ3n) is 1.81. The van der Waals surface area contributed by atoms with E-state index in [0.717, 1.165) is 16.7 Å². The summed E-state index contributed by atoms with van der Waals surface area (Å²) in [6.45, 7) is 4.11. The first-order chi connectivity index (χ1) is 6.27. The second kappa shape index (κ2) is 3.01. The molecule has 0 radical (unpaired) electrons. The van der Waals surface area contributed by atoms with Gasteiger partial charge < -0.3 is 4.98 Å². The Hall–Kier alpha value is -1.64. The highest BCUT2D eigenvalue weighted by atomic mass is 14.9. The predicted molar refractivity (Wildman–Crippen MR) is 53.2 cm³/mol. The van der Waals surface area contributed by atoms with E-state index in [4.69, 9.17) is 0 Å². The van der Waals surface area contributed by atoms with Crippen LogP contribution in [0.15, 0.2) is 24.2 Å². The molecule has 1 N–H and O–H groups in total. The standard InChI is InChI=1S/C10H11N3/c1-7(2)5-9-8-3-4-11-10(8)13-6-12-9/h3-6H,1-2H3,(H,11,12,13). The number of aromatic amines is 1. The quantitative estimate of drug-likeness (QED) is 0.719. The Morgan fingerprint density at radius 2 is 2.23 bits per heavy atom. The molecule has 66 valence electrons. The second-order valence-corrected chi connectivity index (χ2v) is 3.22. The van der Waals surface area contributed by atoms with Crippen LogP contribution in [-0.2, 0) is 0 Å². The minimum Gasteiger partial charge on any atom is -0.346 e. The summed E-state index contributed by atoms with van der Waals surface area (Å²) in [5.41, 5.74) is 3.11. The molecule has 2 rings (SSSR count). The molecule has 3 heteroatoms. The summed E-state index contributed by atoms with van der Waals surface area (Å²) < 4.78 is 0. The highest BCUT2D eigenvalue weighted by molar-refractivity contribution is 5.83. The number of nitrogens with zero attached hydrogens (tertiary/aromatic N) is 2. The van der Waals surface area contributed by atoms with Crippen molar-refractivity contribution in [2.75, 3.05) is 0 Å². The number of fused-ring (bicyclic) bond motifs is 1. The van der Waals surface area contributed by atoms with Crippen molar-refractivity contribution in [3.8, 4) is 0 Å². The monoisotopic (exact) mass is 173 g/mol. The van der Waals surface area contributed by atoms with Crippen LogP contribution in [0.4, 0.5) is 0 Å². The lowest BCUT2D eigenvalue weighted by atomic mass is 10.2. The minimum absolute atomic E-state index is 0.891. The van der Waals surface area contributed by atoms with E-state index in [9.17, 15) is 0 Å². The van der Waals surface area contributed by atoms with Gasteiger partial charge in [-0.2, -0.15) is 0 Å². The maximum absolute atomic E-state index is 4.21. The van der Waals surface area contributed by atoms with Crippen molar-refractivity contribution in [2.45, 2.75) is 13.8 Å². The fourth-order valence-electron chi connectivity index (χ4n) is 1.28. The van der Waals surface area contributed by atoms with Crippen molar-refractivity contribution >= 4 is 17.1 Å². The smallest absolute Gasteiger partial charge is 0.141 e. The van der Waals surface area contributed by atoms with Crippen LogP contribution in [0.2, 0.25) is 0 Å². The molecule has 0 bridgehead atoms. The summed E-state index contributed by atoms with van der Waals surface area (Å²) in [5.74, 6) is 0. The van der Waals surface area contributed by atoms with Gasteiger partial charge in [0, 0.05) is 11.6 Å². The Labute approximate surface area is 76.5 Å². The summed E-state index contributed by atoms with van der Waals surface area (Å²) in [4.78, 5) is 11.4. The molecule has 0 amide bonds. The summed E-state index contributed by atoms with van der Waals surface area (Å²) in [6, 6.07) is 1.99. The van der Waals surface area contributed by atoms with E-state index in [1.165, 1.54) is 5.57 Å². The third kappa shape index (κ3) is 1.45. The van der Waals surface area contributed by atoms with E-state index in [0.29, 0.717) is 0 Å². The van der Waals surface area contributed by atoms with Crippen molar-refractivity contribution in [3.05, 3.63) is 29.9 Å². The zero-order valence-electron chi connectivity index (χ0n) is 7.70. The SMILES string of the molecule is CC(C)=Cc1ncnc2[nH]ccc12. The number of H-pyrrole nitrogens is 1. The molecule has 2 aromatic rings. The molecular formula is C10H11N3. The van der Waals surface area contributed by atoms with E-state index < -0.39 is 0 Å². The van der Waals surface area contributed by atoms with Gasteiger partial charge in [-0.25, -0.2) is 9.97 Å². The van der Waals surface area contributed by atoms with Gasteiger partial charge in [0.15, 0.2) is 0 Å². The average Bonchev–Trinajstić information content (AvgIpc) is 2.51. The molecule has 0 aliphatic rings. The normalized spacial score (nSPS) is 10.3. The van der Waals surface area contributed by atoms with E-state index >= 15 is 0 Å². The maximum Gasteiger partial charge on any atom is 0.141 e. The Balaban J connectivity index is 2.68. The molecule has 0 aliphatic carbocycles. The molecular weight excluding hydrogens is 162 g/mol. The fraction of sp³-hybridized carbons (Fsp3) is 0.200. The van der Waals surface area contributed by atoms with Crippen LogP contribution in [0.3, 0.4) is 0 Å². The van der Waals surface area contributed by atoms with Gasteiger partial charge in [-0.15, -0.1) is 0 Å². The van der Waals surface area contributed by atoms with Crippen LogP contribution in [-0.4, -0.2) is 15.0 Å². The van der Waals surface area contributed by atoms with Gasteiger partial charge in [0.1, 0.15) is 12.0 Å². The van der Waals surface area contributed by atoms with Gasteiger partial charge in [0.05, 0.1) is 5.69 Å². The lowest BCUT2D eigenvalue weighted by Crippen LogP contribution is -1.85. The predicted octanol–water partition coefficient (Wildman–Crippen LogP) is 2.38. The van der Waals surface area contributed by atoms with Gasteiger partial charge >= 0.3 is 0 Å². The molecule has 0 spiro atoms. The molecule has 0 saturated carbocycles. The van der Waals surface area contributed by atoms with Crippen LogP contribution in [0, 0.1) is 0 Å². The van der Waals surface area contributed by atoms with Crippen LogP contribution < -0.4 is 0 Å². The van der Waals surface area contributed by atoms with Gasteiger partial charge in [-0.1, -0.05) is 5.57 Å². The van der Waals surface area contributed by atoms with Crippen LogP contribution in [0.1, 0.15) is 19.5 Å². The Morgan fingerprint density at radius 3 is 3.00 bits per heavy atom. The lowest BCUT2D eigenvalue weighted by Gasteiger charge is -1.95. The molecule has 0 atom stereocenters. The molecule has 0 fully saturated rings. The topological polar surface area (TPSA) is 41.6 Å². The van der Waals surface area contributed by atoms with Crippen LogP contribution in [0.5, 0.6) is 0 Å². The van der Waals surface area contributed by atoms with Gasteiger partial charge in [0.2, 0.25) is 0 Å². The molecule has 2 heterocycles. The first-order valence-corrected chi connectivity index (χ1v) is 4.20. The Bertz CT molecular complexity index is 450. The number of nitrogens with one attached hydrogen (secondary N) is 1. The van der Waals surface area contributed by atoms with E-state index in [1.54, 1.807) is 6.33 Å². The zero-order chi connectivity index (χ0) is 9.26. The Kier molecular flexibility index (Phi) is 1.85. The highest BCUT2D eigenvalue weighted by Crippen LogP contribution is 2.15. The van der Waals surface area contributed by atoms with Crippen molar-refractivity contribution in [1.82, 2.24) is 15.0 Å². The second-order valence-electron chi connectivity index (χ2n) is 3.22. The molecule has 0 aliphatic heterocycles. The van der Waals surface area contributed by atoms with Crippen LogP contribution >= 0.6 is 0 Å². The molecule has 13 heavy (non-hydrogen) atoms. The van der Waals surface area contributed by atoms with E-state index in [1.807, 2.05) is 12.3 Å². The zero-order valence-corrected chi connectivity index (χ0v) is 7.70. The summed E-state index contributed by atoms with van der Waals surface area (Å²) in [6.07, 6.45) is 5.51. The average molecular weight is 173 g/mol. The van der Waals surface area contributed by atoms with Crippen molar-refractivity contribution in [1.29, 1.82) is 0 Å². The molecule has 3 nitrogen and oxygen atoms in total. The number of aromatic nitrogens is 3. The summed E-state index contributed by atoms with van der Waals surface area (Å²) in [5, 5.41) is 1.07. The largest absolute Gasteiger partial charge is 0.346 e. The van der Waals surface area contributed by atoms with Crippen molar-refractivity contribution in [2.24, 2.45) is 0 Å². The first-order valence-electron chi connectivity index (χ1n) is 4.20. The summed E-state index contributed by atoms with van der Waals surface area (Å²) >= 11 is 0.